The fraction of sp³-hybridized carbons (Fsp3) is 0.167. The average molecular weight is 140 g/mol. The van der Waals surface area contributed by atoms with E-state index in [4.69, 9.17) is 4.74 Å². The average Bonchev–Trinajstić information content (AvgIpc) is 2.33. The van der Waals surface area contributed by atoms with Crippen molar-refractivity contribution < 1.29 is 9.31 Å². The third kappa shape index (κ3) is 0.772. The SMILES string of the molecule is C1=C[N+]2=CSCC2=CO1. The maximum Gasteiger partial charge on any atom is 0.233 e. The summed E-state index contributed by atoms with van der Waals surface area (Å²) in [5, 5.41) is 0. The number of hydrogen-bond donors (Lipinski definition) is 0. The normalized spacial score (nSPS) is 22.2. The fourth-order valence-electron chi connectivity index (χ4n) is 0.789. The van der Waals surface area contributed by atoms with Gasteiger partial charge in [-0.05, 0) is 0 Å². The first kappa shape index (κ1) is 5.11. The molecule has 0 amide bonds. The van der Waals surface area contributed by atoms with Gasteiger partial charge in [-0.1, -0.05) is 11.8 Å². The molecule has 0 spiro atoms. The number of thioether (sulfide) groups is 1. The van der Waals surface area contributed by atoms with Gasteiger partial charge in [0.25, 0.3) is 0 Å². The fourth-order valence-corrected chi connectivity index (χ4v) is 1.62. The lowest BCUT2D eigenvalue weighted by atomic mass is 10.5. The van der Waals surface area contributed by atoms with Crippen LogP contribution in [-0.2, 0) is 4.74 Å². The molecule has 0 fully saturated rings. The van der Waals surface area contributed by atoms with Crippen molar-refractivity contribution in [3.8, 4) is 0 Å². The van der Waals surface area contributed by atoms with Crippen LogP contribution in [0.4, 0.5) is 0 Å². The van der Waals surface area contributed by atoms with Crippen LogP contribution in [0.15, 0.2) is 24.4 Å². The van der Waals surface area contributed by atoms with Gasteiger partial charge in [0, 0.05) is 0 Å². The maximum atomic E-state index is 4.97. The van der Waals surface area contributed by atoms with Gasteiger partial charge in [0.15, 0.2) is 12.5 Å². The van der Waals surface area contributed by atoms with Crippen LogP contribution in [0.25, 0.3) is 0 Å². The van der Waals surface area contributed by atoms with Crippen LogP contribution in [0.1, 0.15) is 0 Å². The Hall–Kier alpha value is -0.700. The van der Waals surface area contributed by atoms with E-state index in [-0.39, 0.29) is 0 Å². The predicted octanol–water partition coefficient (Wildman–Crippen LogP) is 1.12. The number of rotatable bonds is 0. The summed E-state index contributed by atoms with van der Waals surface area (Å²) in [5.74, 6) is 1.03. The molecule has 0 aromatic heterocycles. The van der Waals surface area contributed by atoms with Gasteiger partial charge < -0.3 is 4.74 Å². The summed E-state index contributed by atoms with van der Waals surface area (Å²) in [6, 6.07) is 0. The second-order valence-electron chi connectivity index (χ2n) is 1.85. The van der Waals surface area contributed by atoms with E-state index in [0.29, 0.717) is 0 Å². The van der Waals surface area contributed by atoms with Crippen LogP contribution in [0.2, 0.25) is 0 Å². The highest BCUT2D eigenvalue weighted by Crippen LogP contribution is 2.17. The van der Waals surface area contributed by atoms with Crippen molar-refractivity contribution >= 4 is 17.3 Å². The highest BCUT2D eigenvalue weighted by molar-refractivity contribution is 8.12. The molecule has 0 aliphatic carbocycles. The summed E-state index contributed by atoms with van der Waals surface area (Å²) < 4.78 is 7.03. The standard InChI is InChI=1S/C6H6NOS/c1-2-8-3-6-4-9-5-7(1)6/h1-3,5H,4H2/q+1. The quantitative estimate of drug-likeness (QED) is 0.467. The molecule has 0 atom stereocenters. The summed E-state index contributed by atoms with van der Waals surface area (Å²) in [5.41, 5.74) is 3.30. The molecular weight excluding hydrogens is 134 g/mol. The summed E-state index contributed by atoms with van der Waals surface area (Å²) >= 11 is 1.78. The molecule has 46 valence electrons. The van der Waals surface area contributed by atoms with Crippen molar-refractivity contribution in [3.63, 3.8) is 0 Å². The Morgan fingerprint density at radius 2 is 2.67 bits per heavy atom. The minimum absolute atomic E-state index is 1.03. The van der Waals surface area contributed by atoms with Crippen molar-refractivity contribution in [3.05, 3.63) is 24.4 Å². The lowest BCUT2D eigenvalue weighted by Gasteiger charge is -1.96. The van der Waals surface area contributed by atoms with Crippen molar-refractivity contribution in [1.29, 1.82) is 0 Å². The van der Waals surface area contributed by atoms with Gasteiger partial charge in [-0.15, -0.1) is 0 Å². The molecule has 0 saturated carbocycles. The van der Waals surface area contributed by atoms with Gasteiger partial charge in [0.2, 0.25) is 17.4 Å². The number of fused-ring (bicyclic) bond motifs is 1. The zero-order chi connectivity index (χ0) is 6.10. The van der Waals surface area contributed by atoms with E-state index < -0.39 is 0 Å². The Morgan fingerprint density at radius 3 is 3.56 bits per heavy atom. The summed E-state index contributed by atoms with van der Waals surface area (Å²) in [6.07, 6.45) is 5.36. The smallest absolute Gasteiger partial charge is 0.233 e. The van der Waals surface area contributed by atoms with E-state index in [9.17, 15) is 0 Å². The van der Waals surface area contributed by atoms with Crippen LogP contribution in [0.5, 0.6) is 0 Å². The third-order valence-corrected chi connectivity index (χ3v) is 2.09. The first-order valence-electron chi connectivity index (χ1n) is 2.71. The van der Waals surface area contributed by atoms with Crippen LogP contribution in [0, 0.1) is 0 Å². The first-order chi connectivity index (χ1) is 4.47. The molecule has 0 radical (unpaired) electrons. The number of hydrogen-bond acceptors (Lipinski definition) is 2. The molecule has 2 aliphatic rings. The molecule has 0 N–H and O–H groups in total. The molecule has 2 rings (SSSR count). The van der Waals surface area contributed by atoms with Crippen LogP contribution in [0.3, 0.4) is 0 Å². The van der Waals surface area contributed by atoms with Gasteiger partial charge >= 0.3 is 0 Å². The van der Waals surface area contributed by atoms with Crippen molar-refractivity contribution in [2.75, 3.05) is 5.75 Å². The Balaban J connectivity index is 2.37. The zero-order valence-electron chi connectivity index (χ0n) is 4.78. The molecule has 2 aliphatic heterocycles. The van der Waals surface area contributed by atoms with E-state index in [1.807, 2.05) is 6.20 Å². The van der Waals surface area contributed by atoms with Crippen LogP contribution >= 0.6 is 11.8 Å². The van der Waals surface area contributed by atoms with Gasteiger partial charge in [0.1, 0.15) is 0 Å². The van der Waals surface area contributed by atoms with Gasteiger partial charge in [-0.25, -0.2) is 0 Å². The third-order valence-electron chi connectivity index (χ3n) is 1.26. The van der Waals surface area contributed by atoms with Gasteiger partial charge in [-0.3, -0.25) is 0 Å². The Morgan fingerprint density at radius 1 is 1.67 bits per heavy atom. The molecule has 2 heterocycles. The Labute approximate surface area is 57.5 Å². The molecule has 0 aromatic carbocycles. The highest BCUT2D eigenvalue weighted by Gasteiger charge is 2.20. The van der Waals surface area contributed by atoms with Gasteiger partial charge in [-0.2, -0.15) is 4.58 Å². The molecule has 0 unspecified atom stereocenters. The highest BCUT2D eigenvalue weighted by atomic mass is 32.2. The van der Waals surface area contributed by atoms with E-state index in [1.54, 1.807) is 24.3 Å². The lowest BCUT2D eigenvalue weighted by molar-refractivity contribution is -0.396. The largest absolute Gasteiger partial charge is 0.460 e. The summed E-state index contributed by atoms with van der Waals surface area (Å²) in [6.45, 7) is 0. The van der Waals surface area contributed by atoms with Crippen LogP contribution < -0.4 is 0 Å². The predicted molar refractivity (Wildman–Crippen MR) is 37.1 cm³/mol. The number of nitrogens with zero attached hydrogens (tertiary/aromatic N) is 1. The molecule has 0 aromatic rings. The minimum atomic E-state index is 1.03. The minimum Gasteiger partial charge on any atom is -0.460 e. The van der Waals surface area contributed by atoms with E-state index >= 15 is 0 Å². The van der Waals surface area contributed by atoms with Gasteiger partial charge in [0.05, 0.1) is 5.75 Å². The molecule has 9 heavy (non-hydrogen) atoms. The molecule has 3 heteroatoms. The summed E-state index contributed by atoms with van der Waals surface area (Å²) in [7, 11) is 0. The monoisotopic (exact) mass is 140 g/mol. The zero-order valence-corrected chi connectivity index (χ0v) is 5.60. The Bertz CT molecular complexity index is 217. The molecule has 2 nitrogen and oxygen atoms in total. The molecule has 0 bridgehead atoms. The van der Waals surface area contributed by atoms with E-state index in [1.165, 1.54) is 5.70 Å². The number of ether oxygens (including phenoxy) is 1. The second kappa shape index (κ2) is 1.92. The first-order valence-corrected chi connectivity index (χ1v) is 3.76. The van der Waals surface area contributed by atoms with Crippen molar-refractivity contribution in [2.24, 2.45) is 0 Å². The Kier molecular flexibility index (Phi) is 1.09. The lowest BCUT2D eigenvalue weighted by Crippen LogP contribution is -2.02. The molecule has 0 saturated heterocycles. The van der Waals surface area contributed by atoms with Crippen molar-refractivity contribution in [2.45, 2.75) is 0 Å². The summed E-state index contributed by atoms with van der Waals surface area (Å²) in [4.78, 5) is 0. The van der Waals surface area contributed by atoms with Crippen molar-refractivity contribution in [1.82, 2.24) is 0 Å². The maximum absolute atomic E-state index is 4.97. The molecular formula is C6H6NOS+. The topological polar surface area (TPSA) is 12.2 Å². The van der Waals surface area contributed by atoms with E-state index in [2.05, 4.69) is 10.1 Å². The van der Waals surface area contributed by atoms with E-state index in [0.717, 1.165) is 5.75 Å². The van der Waals surface area contributed by atoms with Crippen LogP contribution in [-0.4, -0.2) is 15.9 Å². The second-order valence-corrected chi connectivity index (χ2v) is 2.69.